The smallest absolute Gasteiger partial charge is 0.295 e. The maximum atomic E-state index is 13.0. The molecule has 1 aromatic heterocycles. The number of ether oxygens (including phenoxy) is 1. The summed E-state index contributed by atoms with van der Waals surface area (Å²) in [4.78, 5) is 30.8. The third kappa shape index (κ3) is 4.72. The van der Waals surface area contributed by atoms with Crippen molar-refractivity contribution in [2.24, 2.45) is 0 Å². The molecule has 2 N–H and O–H groups in total. The predicted molar refractivity (Wildman–Crippen MR) is 125 cm³/mol. The number of aliphatic hydroxyl groups excluding tert-OH is 1. The van der Waals surface area contributed by atoms with Crippen molar-refractivity contribution < 1.29 is 19.4 Å². The van der Waals surface area contributed by atoms with Crippen LogP contribution in [0.5, 0.6) is 5.75 Å². The average molecular weight is 456 g/mol. The molecule has 7 nitrogen and oxygen atoms in total. The summed E-state index contributed by atoms with van der Waals surface area (Å²) in [5, 5.41) is 16.4. The fourth-order valence-electron chi connectivity index (χ4n) is 4.16. The third-order valence-corrected chi connectivity index (χ3v) is 6.64. The first-order chi connectivity index (χ1) is 15.5. The fourth-order valence-corrected chi connectivity index (χ4v) is 5.00. The molecule has 0 saturated carbocycles. The van der Waals surface area contributed by atoms with E-state index in [0.29, 0.717) is 24.4 Å². The number of Topliss-reactive ketones (excluding diaryl/α,β-unsaturated/α-hetero) is 1. The van der Waals surface area contributed by atoms with Gasteiger partial charge in [-0.2, -0.15) is 0 Å². The van der Waals surface area contributed by atoms with Gasteiger partial charge in [-0.05, 0) is 49.6 Å². The normalized spacial score (nSPS) is 21.5. The summed E-state index contributed by atoms with van der Waals surface area (Å²) in [7, 11) is 0. The molecule has 1 amide bonds. The Hall–Kier alpha value is -2.68. The highest BCUT2D eigenvalue weighted by Crippen LogP contribution is 2.41. The molecule has 32 heavy (non-hydrogen) atoms. The Morgan fingerprint density at radius 1 is 1.16 bits per heavy atom. The average Bonchev–Trinajstić information content (AvgIpc) is 3.40. The van der Waals surface area contributed by atoms with Gasteiger partial charge in [0, 0.05) is 49.7 Å². The van der Waals surface area contributed by atoms with Gasteiger partial charge in [-0.25, -0.2) is 0 Å². The second kappa shape index (κ2) is 9.85. The van der Waals surface area contributed by atoms with Gasteiger partial charge in [0.2, 0.25) is 0 Å². The van der Waals surface area contributed by atoms with Gasteiger partial charge < -0.3 is 20.1 Å². The summed E-state index contributed by atoms with van der Waals surface area (Å²) in [6.07, 6.45) is 0.0364. The first-order valence-electron chi connectivity index (χ1n) is 11.0. The Morgan fingerprint density at radius 3 is 2.50 bits per heavy atom. The molecule has 2 aliphatic heterocycles. The van der Waals surface area contributed by atoms with Crippen LogP contribution in [0.1, 0.15) is 30.3 Å². The van der Waals surface area contributed by atoms with E-state index < -0.39 is 17.7 Å². The molecule has 4 rings (SSSR count). The van der Waals surface area contributed by atoms with Gasteiger partial charge in [0.05, 0.1) is 17.7 Å². The van der Waals surface area contributed by atoms with Gasteiger partial charge >= 0.3 is 0 Å². The van der Waals surface area contributed by atoms with Crippen LogP contribution >= 0.6 is 11.3 Å². The number of hydrogen-bond acceptors (Lipinski definition) is 7. The zero-order valence-corrected chi connectivity index (χ0v) is 19.2. The molecule has 2 aliphatic rings. The number of ketones is 1. The molecule has 0 aliphatic carbocycles. The number of rotatable bonds is 7. The van der Waals surface area contributed by atoms with Crippen LogP contribution in [0.3, 0.4) is 0 Å². The summed E-state index contributed by atoms with van der Waals surface area (Å²) in [5.41, 5.74) is 0.637. The van der Waals surface area contributed by atoms with Crippen molar-refractivity contribution in [2.45, 2.75) is 26.0 Å². The van der Waals surface area contributed by atoms with Crippen LogP contribution in [0, 0.1) is 0 Å². The highest BCUT2D eigenvalue weighted by molar-refractivity contribution is 7.10. The van der Waals surface area contributed by atoms with Crippen LogP contribution in [0.2, 0.25) is 0 Å². The van der Waals surface area contributed by atoms with Crippen molar-refractivity contribution in [1.29, 1.82) is 0 Å². The van der Waals surface area contributed by atoms with E-state index in [0.717, 1.165) is 31.1 Å². The van der Waals surface area contributed by atoms with Crippen LogP contribution < -0.4 is 10.1 Å². The molecular formula is C24H29N3O4S. The number of benzene rings is 1. The van der Waals surface area contributed by atoms with E-state index in [1.54, 1.807) is 29.2 Å². The van der Waals surface area contributed by atoms with Gasteiger partial charge in [0.15, 0.2) is 0 Å². The minimum atomic E-state index is -0.635. The predicted octanol–water partition coefficient (Wildman–Crippen LogP) is 2.86. The van der Waals surface area contributed by atoms with Crippen LogP contribution in [0.25, 0.3) is 5.76 Å². The van der Waals surface area contributed by atoms with Crippen molar-refractivity contribution in [3.8, 4) is 5.75 Å². The summed E-state index contributed by atoms with van der Waals surface area (Å²) in [6, 6.07) is 10.2. The lowest BCUT2D eigenvalue weighted by molar-refractivity contribution is -0.140. The summed E-state index contributed by atoms with van der Waals surface area (Å²) >= 11 is 1.48. The van der Waals surface area contributed by atoms with Gasteiger partial charge in [0.1, 0.15) is 11.5 Å². The lowest BCUT2D eigenvalue weighted by Crippen LogP contribution is -2.46. The van der Waals surface area contributed by atoms with Crippen LogP contribution in [0.15, 0.2) is 47.4 Å². The summed E-state index contributed by atoms with van der Waals surface area (Å²) in [6.45, 7) is 8.68. The minimum Gasteiger partial charge on any atom is -0.507 e. The standard InChI is InChI=1S/C24H29N3O4S/c1-16(2)31-18-7-5-17(6-8-18)22(28)20-21(19-4-3-15-32-19)27(24(30)23(20)29)14-13-26-11-9-25-10-12-26/h3-8,15-16,21,25,28H,9-14H2,1-2H3/b22-20-. The maximum absolute atomic E-state index is 13.0. The highest BCUT2D eigenvalue weighted by atomic mass is 32.1. The Balaban J connectivity index is 1.64. The van der Waals surface area contributed by atoms with Crippen molar-refractivity contribution in [3.63, 3.8) is 0 Å². The maximum Gasteiger partial charge on any atom is 0.295 e. The number of thiophene rings is 1. The zero-order valence-electron chi connectivity index (χ0n) is 18.4. The first-order valence-corrected chi connectivity index (χ1v) is 11.9. The van der Waals surface area contributed by atoms with E-state index in [4.69, 9.17) is 4.74 Å². The number of carbonyl (C=O) groups is 2. The number of nitrogens with zero attached hydrogens (tertiary/aromatic N) is 2. The van der Waals surface area contributed by atoms with E-state index in [9.17, 15) is 14.7 Å². The molecule has 0 radical (unpaired) electrons. The van der Waals surface area contributed by atoms with Crippen molar-refractivity contribution in [3.05, 3.63) is 57.8 Å². The van der Waals surface area contributed by atoms with Crippen LogP contribution in [-0.4, -0.2) is 72.0 Å². The van der Waals surface area contributed by atoms with E-state index in [1.165, 1.54) is 11.3 Å². The van der Waals surface area contributed by atoms with Gasteiger partial charge in [-0.1, -0.05) is 6.07 Å². The van der Waals surface area contributed by atoms with Crippen LogP contribution in [0.4, 0.5) is 0 Å². The monoisotopic (exact) mass is 455 g/mol. The lowest BCUT2D eigenvalue weighted by atomic mass is 10.00. The van der Waals surface area contributed by atoms with Crippen molar-refractivity contribution >= 4 is 28.8 Å². The molecule has 170 valence electrons. The van der Waals surface area contributed by atoms with E-state index in [1.807, 2.05) is 31.4 Å². The van der Waals surface area contributed by atoms with E-state index >= 15 is 0 Å². The lowest BCUT2D eigenvalue weighted by Gasteiger charge is -2.30. The number of aliphatic hydroxyl groups is 1. The van der Waals surface area contributed by atoms with E-state index in [-0.39, 0.29) is 17.4 Å². The second-order valence-electron chi connectivity index (χ2n) is 8.29. The fraction of sp³-hybridized carbons (Fsp3) is 0.417. The molecule has 3 heterocycles. The SMILES string of the molecule is CC(C)Oc1ccc(/C(O)=C2/C(=O)C(=O)N(CCN3CCNCC3)C2c2cccs2)cc1. The van der Waals surface area contributed by atoms with Crippen LogP contribution in [-0.2, 0) is 9.59 Å². The Bertz CT molecular complexity index is 979. The molecule has 2 aromatic rings. The number of piperazine rings is 1. The number of amides is 1. The molecule has 0 spiro atoms. The molecular weight excluding hydrogens is 426 g/mol. The molecule has 0 bridgehead atoms. The molecule has 2 saturated heterocycles. The van der Waals surface area contributed by atoms with Gasteiger partial charge in [0.25, 0.3) is 11.7 Å². The number of carbonyl (C=O) groups excluding carboxylic acids is 2. The Labute approximate surface area is 192 Å². The second-order valence-corrected chi connectivity index (χ2v) is 9.27. The van der Waals surface area contributed by atoms with Gasteiger partial charge in [-0.15, -0.1) is 11.3 Å². The van der Waals surface area contributed by atoms with Gasteiger partial charge in [-0.3, -0.25) is 14.5 Å². The number of likely N-dealkylation sites (tertiary alicyclic amines) is 1. The minimum absolute atomic E-state index is 0.0364. The zero-order chi connectivity index (χ0) is 22.7. The molecule has 8 heteroatoms. The topological polar surface area (TPSA) is 82.1 Å². The van der Waals surface area contributed by atoms with E-state index in [2.05, 4.69) is 10.2 Å². The summed E-state index contributed by atoms with van der Waals surface area (Å²) < 4.78 is 5.66. The Kier molecular flexibility index (Phi) is 6.93. The largest absolute Gasteiger partial charge is 0.507 e. The van der Waals surface area contributed by atoms with Crippen molar-refractivity contribution in [2.75, 3.05) is 39.3 Å². The number of hydrogen-bond donors (Lipinski definition) is 2. The molecule has 1 unspecified atom stereocenters. The quantitative estimate of drug-likeness (QED) is 0.380. The summed E-state index contributed by atoms with van der Waals surface area (Å²) in [5.74, 6) is -0.658. The number of nitrogens with one attached hydrogen (secondary N) is 1. The molecule has 1 aromatic carbocycles. The molecule has 1 atom stereocenters. The highest BCUT2D eigenvalue weighted by Gasteiger charge is 2.46. The third-order valence-electron chi connectivity index (χ3n) is 5.72. The van der Waals surface area contributed by atoms with Crippen molar-refractivity contribution in [1.82, 2.24) is 15.1 Å². The Morgan fingerprint density at radius 2 is 1.88 bits per heavy atom. The first kappa shape index (κ1) is 22.5. The molecule has 2 fully saturated rings.